The van der Waals surface area contributed by atoms with Crippen molar-refractivity contribution in [2.45, 2.75) is 0 Å². The zero-order valence-electron chi connectivity index (χ0n) is 11.6. The Morgan fingerprint density at radius 1 is 0.864 bits per heavy atom. The third-order valence-electron chi connectivity index (χ3n) is 3.59. The minimum Gasteiger partial charge on any atom is -0.360 e. The molecule has 106 valence electrons. The van der Waals surface area contributed by atoms with Gasteiger partial charge in [-0.2, -0.15) is 10.1 Å². The lowest BCUT2D eigenvalue weighted by Gasteiger charge is -2.06. The molecule has 0 saturated carbocycles. The highest BCUT2D eigenvalue weighted by Gasteiger charge is 2.15. The molecule has 0 radical (unpaired) electrons. The standard InChI is InChI=1S/C17H12N4O/c22-17-19-16(13-10-18-14-9-5-4-8-12(13)14)15(20-21-17)11-6-2-1-3-7-11/h1-10,18H,(H,19,21,22). The Morgan fingerprint density at radius 3 is 2.50 bits per heavy atom. The number of rotatable bonds is 2. The van der Waals surface area contributed by atoms with E-state index in [1.807, 2.05) is 60.8 Å². The van der Waals surface area contributed by atoms with Crippen LogP contribution in [0.4, 0.5) is 0 Å². The smallest absolute Gasteiger partial charge is 0.360 e. The molecule has 0 amide bonds. The second-order valence-corrected chi connectivity index (χ2v) is 4.95. The van der Waals surface area contributed by atoms with Crippen LogP contribution in [0.3, 0.4) is 0 Å². The summed E-state index contributed by atoms with van der Waals surface area (Å²) >= 11 is 0. The van der Waals surface area contributed by atoms with Crippen molar-refractivity contribution in [3.8, 4) is 22.5 Å². The number of nitrogens with one attached hydrogen (secondary N) is 2. The van der Waals surface area contributed by atoms with Gasteiger partial charge >= 0.3 is 5.69 Å². The summed E-state index contributed by atoms with van der Waals surface area (Å²) < 4.78 is 0. The van der Waals surface area contributed by atoms with Gasteiger partial charge in [0.15, 0.2) is 0 Å². The van der Waals surface area contributed by atoms with E-state index in [1.165, 1.54) is 0 Å². The fourth-order valence-electron chi connectivity index (χ4n) is 2.59. The summed E-state index contributed by atoms with van der Waals surface area (Å²) in [4.78, 5) is 19.0. The molecule has 4 aromatic rings. The van der Waals surface area contributed by atoms with Crippen molar-refractivity contribution in [3.05, 3.63) is 71.3 Å². The molecule has 0 spiro atoms. The van der Waals surface area contributed by atoms with Crippen molar-refractivity contribution in [2.24, 2.45) is 0 Å². The number of aromatic nitrogens is 4. The highest BCUT2D eigenvalue weighted by Crippen LogP contribution is 2.32. The highest BCUT2D eigenvalue weighted by atomic mass is 16.1. The lowest BCUT2D eigenvalue weighted by atomic mass is 10.0. The van der Waals surface area contributed by atoms with E-state index in [4.69, 9.17) is 0 Å². The van der Waals surface area contributed by atoms with E-state index in [0.717, 1.165) is 22.0 Å². The van der Waals surface area contributed by atoms with Crippen molar-refractivity contribution in [1.82, 2.24) is 20.2 Å². The molecule has 0 fully saturated rings. The van der Waals surface area contributed by atoms with Crippen LogP contribution in [-0.2, 0) is 0 Å². The molecule has 2 aromatic heterocycles. The zero-order valence-corrected chi connectivity index (χ0v) is 11.6. The van der Waals surface area contributed by atoms with Gasteiger partial charge in [-0.15, -0.1) is 0 Å². The lowest BCUT2D eigenvalue weighted by molar-refractivity contribution is 0.926. The van der Waals surface area contributed by atoms with E-state index in [-0.39, 0.29) is 0 Å². The van der Waals surface area contributed by atoms with Gasteiger partial charge in [0.25, 0.3) is 0 Å². The number of fused-ring (bicyclic) bond motifs is 1. The summed E-state index contributed by atoms with van der Waals surface area (Å²) in [6.07, 6.45) is 1.86. The maximum absolute atomic E-state index is 11.7. The summed E-state index contributed by atoms with van der Waals surface area (Å²) in [5.41, 5.74) is 3.55. The van der Waals surface area contributed by atoms with Crippen molar-refractivity contribution in [3.63, 3.8) is 0 Å². The zero-order chi connectivity index (χ0) is 14.9. The average Bonchev–Trinajstić information content (AvgIpc) is 2.99. The largest absolute Gasteiger partial charge is 0.361 e. The summed E-state index contributed by atoms with van der Waals surface area (Å²) in [5, 5.41) is 7.63. The Balaban J connectivity index is 2.03. The monoisotopic (exact) mass is 288 g/mol. The number of nitrogens with zero attached hydrogens (tertiary/aromatic N) is 2. The Bertz CT molecular complexity index is 1000. The molecule has 0 aliphatic rings. The van der Waals surface area contributed by atoms with Crippen LogP contribution in [0.15, 0.2) is 65.6 Å². The minimum absolute atomic E-state index is 0.458. The molecule has 0 aliphatic heterocycles. The van der Waals surface area contributed by atoms with Gasteiger partial charge in [0.1, 0.15) is 11.4 Å². The summed E-state index contributed by atoms with van der Waals surface area (Å²) in [5.74, 6) is 0. The maximum atomic E-state index is 11.7. The quantitative estimate of drug-likeness (QED) is 0.595. The van der Waals surface area contributed by atoms with E-state index in [0.29, 0.717) is 11.4 Å². The topological polar surface area (TPSA) is 74.4 Å². The molecule has 0 unspecified atom stereocenters. The van der Waals surface area contributed by atoms with Crippen molar-refractivity contribution in [1.29, 1.82) is 0 Å². The highest BCUT2D eigenvalue weighted by molar-refractivity contribution is 5.97. The van der Waals surface area contributed by atoms with E-state index in [2.05, 4.69) is 20.2 Å². The van der Waals surface area contributed by atoms with Gasteiger partial charge in [-0.3, -0.25) is 0 Å². The van der Waals surface area contributed by atoms with Gasteiger partial charge in [-0.1, -0.05) is 48.5 Å². The molecule has 2 aromatic carbocycles. The third kappa shape index (κ3) is 2.00. The molecular formula is C17H12N4O. The first-order valence-electron chi connectivity index (χ1n) is 6.91. The molecule has 0 bridgehead atoms. The van der Waals surface area contributed by atoms with Crippen LogP contribution in [0.2, 0.25) is 0 Å². The molecule has 0 atom stereocenters. The molecular weight excluding hydrogens is 276 g/mol. The molecule has 2 heterocycles. The molecule has 4 rings (SSSR count). The first-order valence-corrected chi connectivity index (χ1v) is 6.91. The second-order valence-electron chi connectivity index (χ2n) is 4.95. The van der Waals surface area contributed by atoms with Gasteiger partial charge < -0.3 is 4.98 Å². The molecule has 22 heavy (non-hydrogen) atoms. The van der Waals surface area contributed by atoms with Crippen molar-refractivity contribution < 1.29 is 0 Å². The van der Waals surface area contributed by atoms with Crippen LogP contribution >= 0.6 is 0 Å². The third-order valence-corrected chi connectivity index (χ3v) is 3.59. The van der Waals surface area contributed by atoms with Gasteiger partial charge in [0.2, 0.25) is 0 Å². The van der Waals surface area contributed by atoms with Crippen LogP contribution < -0.4 is 5.69 Å². The summed E-state index contributed by atoms with van der Waals surface area (Å²) in [7, 11) is 0. The lowest BCUT2D eigenvalue weighted by Crippen LogP contribution is -2.14. The fraction of sp³-hybridized carbons (Fsp3) is 0. The van der Waals surface area contributed by atoms with Crippen LogP contribution in [0, 0.1) is 0 Å². The van der Waals surface area contributed by atoms with E-state index < -0.39 is 5.69 Å². The number of benzene rings is 2. The van der Waals surface area contributed by atoms with Crippen LogP contribution in [0.1, 0.15) is 0 Å². The predicted octanol–water partition coefficient (Wildman–Crippen LogP) is 2.98. The summed E-state index contributed by atoms with van der Waals surface area (Å²) in [6.45, 7) is 0. The molecule has 0 aliphatic carbocycles. The number of para-hydroxylation sites is 1. The molecule has 0 saturated heterocycles. The first kappa shape index (κ1) is 12.5. The summed E-state index contributed by atoms with van der Waals surface area (Å²) in [6, 6.07) is 17.6. The second kappa shape index (κ2) is 4.96. The van der Waals surface area contributed by atoms with Gasteiger partial charge in [-0.05, 0) is 6.07 Å². The van der Waals surface area contributed by atoms with Gasteiger partial charge in [-0.25, -0.2) is 9.89 Å². The maximum Gasteiger partial charge on any atom is 0.361 e. The molecule has 5 heteroatoms. The van der Waals surface area contributed by atoms with E-state index in [1.54, 1.807) is 0 Å². The van der Waals surface area contributed by atoms with Crippen molar-refractivity contribution in [2.75, 3.05) is 0 Å². The predicted molar refractivity (Wildman–Crippen MR) is 85.4 cm³/mol. The minimum atomic E-state index is -0.458. The number of H-pyrrole nitrogens is 2. The fourth-order valence-corrected chi connectivity index (χ4v) is 2.59. The van der Waals surface area contributed by atoms with Crippen molar-refractivity contribution >= 4 is 10.9 Å². The Kier molecular flexibility index (Phi) is 2.83. The first-order chi connectivity index (χ1) is 10.8. The van der Waals surface area contributed by atoms with E-state index >= 15 is 0 Å². The number of hydrogen-bond donors (Lipinski definition) is 2. The van der Waals surface area contributed by atoms with E-state index in [9.17, 15) is 4.79 Å². The Hall–Kier alpha value is -3.21. The molecule has 2 N–H and O–H groups in total. The Labute approximate surface area is 125 Å². The van der Waals surface area contributed by atoms with Crippen LogP contribution in [0.25, 0.3) is 33.4 Å². The number of aromatic amines is 2. The SMILES string of the molecule is O=c1nc(-c2c[nH]c3ccccc23)c(-c2ccccc2)n[nH]1. The Morgan fingerprint density at radius 2 is 1.64 bits per heavy atom. The van der Waals surface area contributed by atoms with Gasteiger partial charge in [0, 0.05) is 28.2 Å². The normalized spacial score (nSPS) is 10.9. The average molecular weight is 288 g/mol. The van der Waals surface area contributed by atoms with Crippen LogP contribution in [0.5, 0.6) is 0 Å². The van der Waals surface area contributed by atoms with Crippen LogP contribution in [-0.4, -0.2) is 20.2 Å². The number of hydrogen-bond acceptors (Lipinski definition) is 3. The molecule has 5 nitrogen and oxygen atoms in total. The van der Waals surface area contributed by atoms with Gasteiger partial charge in [0.05, 0.1) is 0 Å².